The fourth-order valence-electron chi connectivity index (χ4n) is 2.85. The fourth-order valence-corrected chi connectivity index (χ4v) is 3.18. The van der Waals surface area contributed by atoms with Crippen molar-refractivity contribution in [3.05, 3.63) is 64.0 Å². The Morgan fingerprint density at radius 2 is 2.05 bits per heavy atom. The van der Waals surface area contributed by atoms with Crippen molar-refractivity contribution < 1.29 is 0 Å². The van der Waals surface area contributed by atoms with Crippen molar-refractivity contribution in [3.63, 3.8) is 0 Å². The zero-order valence-electron chi connectivity index (χ0n) is 10.8. The molecule has 4 rings (SSSR count). The summed E-state index contributed by atoms with van der Waals surface area (Å²) in [6.07, 6.45) is 2.03. The minimum Gasteiger partial charge on any atom is -0.312 e. The zero-order valence-corrected chi connectivity index (χ0v) is 12.3. The van der Waals surface area contributed by atoms with Crippen molar-refractivity contribution in [1.82, 2.24) is 19.9 Å². The number of aromatic nitrogens is 3. The van der Waals surface area contributed by atoms with Gasteiger partial charge in [0.25, 0.3) is 0 Å². The number of pyridine rings is 1. The molecule has 0 radical (unpaired) electrons. The second-order valence-corrected chi connectivity index (χ2v) is 5.93. The van der Waals surface area contributed by atoms with Crippen LogP contribution in [0.25, 0.3) is 5.65 Å². The van der Waals surface area contributed by atoms with Gasteiger partial charge in [-0.2, -0.15) is 0 Å². The monoisotopic (exact) mass is 328 g/mol. The minimum atomic E-state index is 0.240. The maximum Gasteiger partial charge on any atom is 0.160 e. The quantitative estimate of drug-likeness (QED) is 0.746. The average molecular weight is 329 g/mol. The molecular weight excluding hydrogens is 316 g/mol. The van der Waals surface area contributed by atoms with Crippen LogP contribution in [0.4, 0.5) is 0 Å². The molecular formula is C15H13BrN4. The number of nitrogens with one attached hydrogen (secondary N) is 1. The molecule has 3 aromatic rings. The second-order valence-electron chi connectivity index (χ2n) is 5.02. The largest absolute Gasteiger partial charge is 0.312 e. The predicted molar refractivity (Wildman–Crippen MR) is 80.7 cm³/mol. The van der Waals surface area contributed by atoms with Crippen molar-refractivity contribution in [2.75, 3.05) is 6.54 Å². The SMILES string of the molecule is Brc1ccc2nnc(C3CNCc4ccccc43)n2c1. The molecule has 0 saturated heterocycles. The standard InChI is InChI=1S/C15H13BrN4/c16-11-5-6-14-18-19-15(20(14)9-11)13-8-17-7-10-3-1-2-4-12(10)13/h1-6,9,13,17H,7-8H2. The number of fused-ring (bicyclic) bond motifs is 2. The molecule has 3 heterocycles. The van der Waals surface area contributed by atoms with E-state index >= 15 is 0 Å². The number of hydrogen-bond donors (Lipinski definition) is 1. The number of halogens is 1. The van der Waals surface area contributed by atoms with Crippen LogP contribution in [-0.2, 0) is 6.54 Å². The van der Waals surface area contributed by atoms with E-state index in [1.54, 1.807) is 0 Å². The van der Waals surface area contributed by atoms with Crippen molar-refractivity contribution in [1.29, 1.82) is 0 Å². The van der Waals surface area contributed by atoms with Gasteiger partial charge < -0.3 is 5.32 Å². The van der Waals surface area contributed by atoms with Crippen LogP contribution in [0, 0.1) is 0 Å². The highest BCUT2D eigenvalue weighted by molar-refractivity contribution is 9.10. The van der Waals surface area contributed by atoms with Crippen LogP contribution < -0.4 is 5.32 Å². The molecule has 0 fully saturated rings. The lowest BCUT2D eigenvalue weighted by molar-refractivity contribution is 0.568. The molecule has 100 valence electrons. The van der Waals surface area contributed by atoms with Gasteiger partial charge in [-0.25, -0.2) is 0 Å². The van der Waals surface area contributed by atoms with Crippen molar-refractivity contribution in [2.45, 2.75) is 12.5 Å². The zero-order chi connectivity index (χ0) is 13.5. The third kappa shape index (κ3) is 1.85. The molecule has 1 aromatic carbocycles. The molecule has 1 N–H and O–H groups in total. The maximum atomic E-state index is 4.41. The summed E-state index contributed by atoms with van der Waals surface area (Å²) in [5, 5.41) is 12.1. The lowest BCUT2D eigenvalue weighted by atomic mass is 9.90. The van der Waals surface area contributed by atoms with E-state index < -0.39 is 0 Å². The Labute approximate surface area is 125 Å². The molecule has 0 aliphatic carbocycles. The number of benzene rings is 1. The van der Waals surface area contributed by atoms with E-state index in [-0.39, 0.29) is 5.92 Å². The third-order valence-electron chi connectivity index (χ3n) is 3.80. The molecule has 0 amide bonds. The van der Waals surface area contributed by atoms with Crippen LogP contribution in [0.15, 0.2) is 47.1 Å². The first-order valence-corrected chi connectivity index (χ1v) is 7.41. The molecule has 1 aliphatic rings. The van der Waals surface area contributed by atoms with Gasteiger partial charge >= 0.3 is 0 Å². The van der Waals surface area contributed by atoms with E-state index in [0.29, 0.717) is 0 Å². The average Bonchev–Trinajstić information content (AvgIpc) is 2.89. The maximum absolute atomic E-state index is 4.41. The third-order valence-corrected chi connectivity index (χ3v) is 4.27. The Kier molecular flexibility index (Phi) is 2.82. The lowest BCUT2D eigenvalue weighted by Crippen LogP contribution is -2.29. The van der Waals surface area contributed by atoms with E-state index in [0.717, 1.165) is 29.0 Å². The first kappa shape index (κ1) is 12.1. The highest BCUT2D eigenvalue weighted by Gasteiger charge is 2.25. The normalized spacial score (nSPS) is 18.1. The van der Waals surface area contributed by atoms with Crippen LogP contribution >= 0.6 is 15.9 Å². The Bertz CT molecular complexity index is 780. The molecule has 0 spiro atoms. The van der Waals surface area contributed by atoms with E-state index in [4.69, 9.17) is 0 Å². The highest BCUT2D eigenvalue weighted by Crippen LogP contribution is 2.29. The molecule has 1 unspecified atom stereocenters. The molecule has 1 aliphatic heterocycles. The summed E-state index contributed by atoms with van der Waals surface area (Å²) in [5.74, 6) is 1.23. The summed E-state index contributed by atoms with van der Waals surface area (Å²) in [5.41, 5.74) is 3.57. The summed E-state index contributed by atoms with van der Waals surface area (Å²) in [7, 11) is 0. The van der Waals surface area contributed by atoms with Gasteiger partial charge in [-0.05, 0) is 39.2 Å². The summed E-state index contributed by atoms with van der Waals surface area (Å²) in [6, 6.07) is 12.5. The molecule has 5 heteroatoms. The van der Waals surface area contributed by atoms with Gasteiger partial charge in [0.2, 0.25) is 0 Å². The van der Waals surface area contributed by atoms with Crippen molar-refractivity contribution >= 4 is 21.6 Å². The van der Waals surface area contributed by atoms with E-state index in [1.807, 2.05) is 18.3 Å². The summed E-state index contributed by atoms with van der Waals surface area (Å²) < 4.78 is 3.10. The summed E-state index contributed by atoms with van der Waals surface area (Å²) in [4.78, 5) is 0. The van der Waals surface area contributed by atoms with Crippen molar-refractivity contribution in [3.8, 4) is 0 Å². The van der Waals surface area contributed by atoms with Gasteiger partial charge in [-0.15, -0.1) is 10.2 Å². The second kappa shape index (κ2) is 4.68. The van der Waals surface area contributed by atoms with Crippen LogP contribution in [0.2, 0.25) is 0 Å². The van der Waals surface area contributed by atoms with Gasteiger partial charge in [0.05, 0.1) is 5.92 Å². The Morgan fingerprint density at radius 3 is 3.00 bits per heavy atom. The van der Waals surface area contributed by atoms with Crippen LogP contribution in [0.1, 0.15) is 22.9 Å². The van der Waals surface area contributed by atoms with Crippen LogP contribution in [0.3, 0.4) is 0 Å². The number of rotatable bonds is 1. The Balaban J connectivity index is 1.90. The molecule has 0 saturated carbocycles. The molecule has 4 nitrogen and oxygen atoms in total. The van der Waals surface area contributed by atoms with Gasteiger partial charge in [0, 0.05) is 23.8 Å². The smallest absolute Gasteiger partial charge is 0.160 e. The predicted octanol–water partition coefficient (Wildman–Crippen LogP) is 2.73. The van der Waals surface area contributed by atoms with E-state index in [1.165, 1.54) is 11.1 Å². The van der Waals surface area contributed by atoms with Crippen LogP contribution in [-0.4, -0.2) is 21.1 Å². The highest BCUT2D eigenvalue weighted by atomic mass is 79.9. The van der Waals surface area contributed by atoms with Gasteiger partial charge in [-0.1, -0.05) is 24.3 Å². The van der Waals surface area contributed by atoms with E-state index in [9.17, 15) is 0 Å². The number of nitrogens with zero attached hydrogens (tertiary/aromatic N) is 3. The van der Waals surface area contributed by atoms with E-state index in [2.05, 4.69) is 60.1 Å². The first-order valence-electron chi connectivity index (χ1n) is 6.61. The first-order chi connectivity index (χ1) is 9.83. The topological polar surface area (TPSA) is 42.2 Å². The minimum absolute atomic E-state index is 0.240. The molecule has 2 aromatic heterocycles. The fraction of sp³-hybridized carbons (Fsp3) is 0.200. The van der Waals surface area contributed by atoms with Crippen LogP contribution in [0.5, 0.6) is 0 Å². The Morgan fingerprint density at radius 1 is 1.15 bits per heavy atom. The van der Waals surface area contributed by atoms with Gasteiger partial charge in [-0.3, -0.25) is 4.40 Å². The van der Waals surface area contributed by atoms with Gasteiger partial charge in [0.15, 0.2) is 5.65 Å². The molecule has 1 atom stereocenters. The molecule has 20 heavy (non-hydrogen) atoms. The van der Waals surface area contributed by atoms with Crippen molar-refractivity contribution in [2.24, 2.45) is 0 Å². The lowest BCUT2D eigenvalue weighted by Gasteiger charge is -2.25. The molecule has 0 bridgehead atoms. The Hall–Kier alpha value is -1.72. The summed E-state index contributed by atoms with van der Waals surface area (Å²) >= 11 is 3.52. The summed E-state index contributed by atoms with van der Waals surface area (Å²) in [6.45, 7) is 1.82. The van der Waals surface area contributed by atoms with Gasteiger partial charge in [0.1, 0.15) is 5.82 Å². The number of hydrogen-bond acceptors (Lipinski definition) is 3.